The van der Waals surface area contributed by atoms with Crippen molar-refractivity contribution in [2.75, 3.05) is 36.4 Å². The van der Waals surface area contributed by atoms with Gasteiger partial charge >= 0.3 is 12.1 Å². The predicted octanol–water partition coefficient (Wildman–Crippen LogP) is 2.62. The minimum absolute atomic E-state index is 0.229. The van der Waals surface area contributed by atoms with Gasteiger partial charge in [-0.1, -0.05) is 6.07 Å². The molecule has 166 valence electrons. The summed E-state index contributed by atoms with van der Waals surface area (Å²) in [6, 6.07) is 7.68. The average Bonchev–Trinajstić information content (AvgIpc) is 3.30. The van der Waals surface area contributed by atoms with Crippen LogP contribution in [0.5, 0.6) is 0 Å². The van der Waals surface area contributed by atoms with Gasteiger partial charge in [0.05, 0.1) is 12.4 Å². The van der Waals surface area contributed by atoms with Crippen molar-refractivity contribution in [1.82, 2.24) is 15.3 Å². The Morgan fingerprint density at radius 2 is 1.84 bits per heavy atom. The molecule has 8 nitrogen and oxygen atoms in total. The van der Waals surface area contributed by atoms with Gasteiger partial charge in [-0.2, -0.15) is 13.2 Å². The van der Waals surface area contributed by atoms with E-state index in [0.29, 0.717) is 17.5 Å². The van der Waals surface area contributed by atoms with Crippen LogP contribution in [0, 0.1) is 15.4 Å². The number of carbonyl (C=O) groups excluding carboxylic acids is 1. The highest BCUT2D eigenvalue weighted by Crippen LogP contribution is 2.29. The quantitative estimate of drug-likeness (QED) is 0.506. The molecule has 0 aliphatic carbocycles. The molecule has 31 heavy (non-hydrogen) atoms. The van der Waals surface area contributed by atoms with Gasteiger partial charge in [0.2, 0.25) is 0 Å². The maximum Gasteiger partial charge on any atom is 0.490 e. The number of benzene rings is 1. The summed E-state index contributed by atoms with van der Waals surface area (Å²) in [6.07, 6.45) is -1.82. The van der Waals surface area contributed by atoms with Crippen LogP contribution in [-0.4, -0.2) is 59.3 Å². The molecule has 2 aliphatic rings. The number of nitrogens with one attached hydrogen (secondary N) is 2. The van der Waals surface area contributed by atoms with E-state index in [4.69, 9.17) is 9.90 Å². The number of halogens is 4. The second-order valence-electron chi connectivity index (χ2n) is 7.11. The Balaban J connectivity index is 0.000000339. The summed E-state index contributed by atoms with van der Waals surface area (Å²) in [5.74, 6) is -0.842. The molecule has 4 rings (SSSR count). The van der Waals surface area contributed by atoms with Gasteiger partial charge in [0.25, 0.3) is 5.91 Å². The second kappa shape index (κ2) is 9.77. The van der Waals surface area contributed by atoms with E-state index in [1.807, 2.05) is 24.3 Å². The van der Waals surface area contributed by atoms with E-state index in [0.717, 1.165) is 41.3 Å². The molecular weight excluding hydrogens is 530 g/mol. The summed E-state index contributed by atoms with van der Waals surface area (Å²) < 4.78 is 32.8. The first-order valence-electron chi connectivity index (χ1n) is 9.28. The van der Waals surface area contributed by atoms with Gasteiger partial charge in [0.1, 0.15) is 11.5 Å². The Morgan fingerprint density at radius 1 is 1.19 bits per heavy atom. The van der Waals surface area contributed by atoms with Gasteiger partial charge in [-0.3, -0.25) is 9.78 Å². The fraction of sp³-hybridized carbons (Fsp3) is 0.368. The number of carboxylic acid groups (broad SMARTS) is 1. The molecule has 1 amide bonds. The van der Waals surface area contributed by atoms with E-state index in [9.17, 15) is 18.0 Å². The van der Waals surface area contributed by atoms with Gasteiger partial charge in [-0.15, -0.1) is 0 Å². The van der Waals surface area contributed by atoms with Crippen molar-refractivity contribution in [1.29, 1.82) is 0 Å². The zero-order valence-electron chi connectivity index (χ0n) is 16.1. The highest BCUT2D eigenvalue weighted by Gasteiger charge is 2.38. The van der Waals surface area contributed by atoms with E-state index in [2.05, 4.69) is 48.1 Å². The first-order valence-corrected chi connectivity index (χ1v) is 10.4. The fourth-order valence-electron chi connectivity index (χ4n) is 3.42. The van der Waals surface area contributed by atoms with Crippen LogP contribution in [0.1, 0.15) is 10.5 Å². The molecule has 0 spiro atoms. The topological polar surface area (TPSA) is 107 Å². The molecule has 0 radical (unpaired) electrons. The number of nitrogens with zero attached hydrogens (tertiary/aromatic N) is 3. The number of carboxylic acids is 1. The summed E-state index contributed by atoms with van der Waals surface area (Å²) in [5, 5.41) is 13.4. The molecule has 2 saturated heterocycles. The van der Waals surface area contributed by atoms with Gasteiger partial charge in [0.15, 0.2) is 0 Å². The number of alkyl halides is 3. The number of amides is 1. The standard InChI is InChI=1S/C17H18IN5O.C2HF3O2/c18-13-2-1-3-14(4-13)21-17(24)15-7-20-8-16(22-15)23-9-11-5-19-6-12(11)10-23;3-2(4,5)1(6)7/h1-4,7-8,11-12,19H,5-6,9-10H2,(H,21,24);(H,6,7)/t11-,12+;. The first-order chi connectivity index (χ1) is 14.6. The number of hydrogen-bond donors (Lipinski definition) is 3. The normalized spacial score (nSPS) is 19.9. The van der Waals surface area contributed by atoms with Crippen molar-refractivity contribution >= 4 is 46.0 Å². The van der Waals surface area contributed by atoms with Crippen LogP contribution >= 0.6 is 22.6 Å². The van der Waals surface area contributed by atoms with Gasteiger partial charge in [0, 0.05) is 35.4 Å². The van der Waals surface area contributed by atoms with Crippen LogP contribution in [0.2, 0.25) is 0 Å². The molecule has 3 N–H and O–H groups in total. The highest BCUT2D eigenvalue weighted by molar-refractivity contribution is 14.1. The van der Waals surface area contributed by atoms with Crippen LogP contribution in [0.25, 0.3) is 0 Å². The number of aromatic nitrogens is 2. The fourth-order valence-corrected chi connectivity index (χ4v) is 3.96. The minimum atomic E-state index is -5.08. The van der Waals surface area contributed by atoms with Crippen LogP contribution in [-0.2, 0) is 4.79 Å². The molecule has 1 aromatic carbocycles. The Kier molecular flexibility index (Phi) is 7.30. The highest BCUT2D eigenvalue weighted by atomic mass is 127. The maximum atomic E-state index is 12.4. The van der Waals surface area contributed by atoms with Crippen molar-refractivity contribution in [2.24, 2.45) is 11.8 Å². The SMILES string of the molecule is O=C(Nc1cccc(I)c1)c1cncc(N2C[C@H]3CNC[C@H]3C2)n1.O=C(O)C(F)(F)F. The smallest absolute Gasteiger partial charge is 0.475 e. The third-order valence-corrected chi connectivity index (χ3v) is 5.56. The molecule has 12 heteroatoms. The molecule has 2 atom stereocenters. The maximum absolute atomic E-state index is 12.4. The summed E-state index contributed by atoms with van der Waals surface area (Å²) in [6.45, 7) is 4.10. The van der Waals surface area contributed by atoms with Crippen LogP contribution in [0.15, 0.2) is 36.7 Å². The van der Waals surface area contributed by atoms with E-state index in [1.54, 1.807) is 6.20 Å². The molecule has 2 aliphatic heterocycles. The number of fused-ring (bicyclic) bond motifs is 1. The number of anilines is 2. The lowest BCUT2D eigenvalue weighted by molar-refractivity contribution is -0.192. The van der Waals surface area contributed by atoms with Crippen LogP contribution in [0.3, 0.4) is 0 Å². The largest absolute Gasteiger partial charge is 0.490 e. The van der Waals surface area contributed by atoms with E-state index in [-0.39, 0.29) is 5.91 Å². The summed E-state index contributed by atoms with van der Waals surface area (Å²) in [7, 11) is 0. The molecule has 0 bridgehead atoms. The Morgan fingerprint density at radius 3 is 2.42 bits per heavy atom. The molecule has 0 unspecified atom stereocenters. The number of hydrogen-bond acceptors (Lipinski definition) is 6. The second-order valence-corrected chi connectivity index (χ2v) is 8.36. The van der Waals surface area contributed by atoms with Crippen molar-refractivity contribution < 1.29 is 27.9 Å². The Bertz CT molecular complexity index is 947. The number of carbonyl (C=O) groups is 2. The Hall–Kier alpha value is -2.48. The monoisotopic (exact) mass is 549 g/mol. The number of rotatable bonds is 3. The molecule has 2 fully saturated rings. The summed E-state index contributed by atoms with van der Waals surface area (Å²) in [5.41, 5.74) is 1.11. The minimum Gasteiger partial charge on any atom is -0.475 e. The van der Waals surface area contributed by atoms with Gasteiger partial charge in [-0.05, 0) is 52.6 Å². The van der Waals surface area contributed by atoms with Crippen LogP contribution in [0.4, 0.5) is 24.7 Å². The number of aliphatic carboxylic acids is 1. The third kappa shape index (κ3) is 6.26. The van der Waals surface area contributed by atoms with Crippen molar-refractivity contribution in [3.63, 3.8) is 0 Å². The molecule has 0 saturated carbocycles. The molecule has 1 aromatic heterocycles. The zero-order chi connectivity index (χ0) is 22.6. The van der Waals surface area contributed by atoms with Crippen molar-refractivity contribution in [3.05, 3.63) is 45.9 Å². The lowest BCUT2D eigenvalue weighted by atomic mass is 10.0. The lowest BCUT2D eigenvalue weighted by Gasteiger charge is -2.18. The van der Waals surface area contributed by atoms with Crippen molar-refractivity contribution in [3.8, 4) is 0 Å². The van der Waals surface area contributed by atoms with Crippen LogP contribution < -0.4 is 15.5 Å². The molecular formula is C19H19F3IN5O3. The molecule has 3 heterocycles. The van der Waals surface area contributed by atoms with E-state index >= 15 is 0 Å². The lowest BCUT2D eigenvalue weighted by Crippen LogP contribution is -2.27. The van der Waals surface area contributed by atoms with Gasteiger partial charge < -0.3 is 20.6 Å². The third-order valence-electron chi connectivity index (χ3n) is 4.89. The predicted molar refractivity (Wildman–Crippen MR) is 115 cm³/mol. The zero-order valence-corrected chi connectivity index (χ0v) is 18.2. The Labute approximate surface area is 189 Å². The summed E-state index contributed by atoms with van der Waals surface area (Å²) in [4.78, 5) is 32.3. The molecule has 2 aromatic rings. The van der Waals surface area contributed by atoms with Crippen molar-refractivity contribution in [2.45, 2.75) is 6.18 Å². The van der Waals surface area contributed by atoms with E-state index < -0.39 is 12.1 Å². The van der Waals surface area contributed by atoms with E-state index in [1.165, 1.54) is 6.20 Å². The van der Waals surface area contributed by atoms with Gasteiger partial charge in [-0.25, -0.2) is 9.78 Å². The summed E-state index contributed by atoms with van der Waals surface area (Å²) >= 11 is 2.22. The average molecular weight is 549 g/mol. The first kappa shape index (κ1) is 23.2.